The van der Waals surface area contributed by atoms with E-state index in [2.05, 4.69) is 13.8 Å². The molecule has 4 heteroatoms. The van der Waals surface area contributed by atoms with Gasteiger partial charge >= 0.3 is 0 Å². The fraction of sp³-hybridized carbons (Fsp3) is 0.421. The molecule has 124 valence electrons. The zero-order valence-corrected chi connectivity index (χ0v) is 15.0. The van der Waals surface area contributed by atoms with Gasteiger partial charge in [-0.25, -0.2) is 0 Å². The number of ether oxygens (including phenoxy) is 2. The molecular formula is C19H25NO3. The predicted octanol–water partition coefficient (Wildman–Crippen LogP) is 3.81. The third kappa shape index (κ3) is 2.98. The molecule has 0 unspecified atom stereocenters. The molecule has 0 amide bonds. The lowest BCUT2D eigenvalue weighted by atomic mass is 9.94. The predicted molar refractivity (Wildman–Crippen MR) is 93.8 cm³/mol. The van der Waals surface area contributed by atoms with Gasteiger partial charge < -0.3 is 14.0 Å². The maximum absolute atomic E-state index is 12.1. The molecule has 0 aliphatic heterocycles. The van der Waals surface area contributed by atoms with E-state index in [9.17, 15) is 4.79 Å². The van der Waals surface area contributed by atoms with Gasteiger partial charge in [-0.3, -0.25) is 4.79 Å². The lowest BCUT2D eigenvalue weighted by Crippen LogP contribution is -2.20. The smallest absolute Gasteiger partial charge is 0.253 e. The molecule has 1 heterocycles. The number of aromatic nitrogens is 1. The Morgan fingerprint density at radius 3 is 2.09 bits per heavy atom. The topological polar surface area (TPSA) is 40.5 Å². The van der Waals surface area contributed by atoms with Crippen LogP contribution < -0.4 is 15.0 Å². The molecule has 0 N–H and O–H groups in total. The summed E-state index contributed by atoms with van der Waals surface area (Å²) in [6.07, 6.45) is 1.86. The highest BCUT2D eigenvalue weighted by molar-refractivity contribution is 5.76. The fourth-order valence-electron chi connectivity index (χ4n) is 2.83. The molecule has 0 aliphatic rings. The maximum Gasteiger partial charge on any atom is 0.253 e. The number of nitrogens with zero attached hydrogens (tertiary/aromatic N) is 1. The molecule has 0 atom stereocenters. The summed E-state index contributed by atoms with van der Waals surface area (Å²) in [5.41, 5.74) is 4.76. The van der Waals surface area contributed by atoms with E-state index in [0.717, 1.165) is 39.3 Å². The summed E-state index contributed by atoms with van der Waals surface area (Å²) in [4.78, 5) is 12.1. The molecule has 1 aromatic carbocycles. The molecule has 0 fully saturated rings. The summed E-state index contributed by atoms with van der Waals surface area (Å²) >= 11 is 0. The van der Waals surface area contributed by atoms with Crippen LogP contribution in [0.4, 0.5) is 0 Å². The zero-order valence-electron chi connectivity index (χ0n) is 15.0. The first kappa shape index (κ1) is 17.1. The van der Waals surface area contributed by atoms with Crippen LogP contribution in [0.3, 0.4) is 0 Å². The van der Waals surface area contributed by atoms with Crippen molar-refractivity contribution in [2.75, 3.05) is 14.2 Å². The Balaban J connectivity index is 2.81. The van der Waals surface area contributed by atoms with E-state index in [-0.39, 0.29) is 5.56 Å². The first-order chi connectivity index (χ1) is 10.8. The van der Waals surface area contributed by atoms with Crippen molar-refractivity contribution in [1.82, 2.24) is 4.57 Å². The average Bonchev–Trinajstić information content (AvgIpc) is 2.54. The van der Waals surface area contributed by atoms with Crippen molar-refractivity contribution in [2.45, 2.75) is 33.6 Å². The Labute approximate surface area is 137 Å². The average molecular weight is 315 g/mol. The number of rotatable bonds is 4. The van der Waals surface area contributed by atoms with E-state index in [1.165, 1.54) is 0 Å². The number of pyridine rings is 1. The van der Waals surface area contributed by atoms with Crippen LogP contribution in [0.15, 0.2) is 23.1 Å². The Hall–Kier alpha value is -2.23. The van der Waals surface area contributed by atoms with Gasteiger partial charge in [0.15, 0.2) is 0 Å². The summed E-state index contributed by atoms with van der Waals surface area (Å²) in [5, 5.41) is 0. The van der Waals surface area contributed by atoms with Crippen LogP contribution in [0.2, 0.25) is 0 Å². The summed E-state index contributed by atoms with van der Waals surface area (Å²) in [6, 6.07) is 4.03. The highest BCUT2D eigenvalue weighted by Gasteiger charge is 2.18. The molecule has 0 aliphatic carbocycles. The third-order valence-corrected chi connectivity index (χ3v) is 4.39. The first-order valence-corrected chi connectivity index (χ1v) is 7.74. The Bertz CT molecular complexity index is 788. The molecule has 1 aromatic heterocycles. The molecule has 4 nitrogen and oxygen atoms in total. The zero-order chi connectivity index (χ0) is 17.3. The standard InChI is InChI=1S/C19H25NO3/c1-11(2)14-8-18(23-7)15(9-17(14)22-6)16-10-20(5)19(21)13(4)12(16)3/h8-11H,1-7H3. The van der Waals surface area contributed by atoms with Gasteiger partial charge in [0, 0.05) is 35.5 Å². The number of hydrogen-bond acceptors (Lipinski definition) is 3. The Morgan fingerprint density at radius 2 is 1.57 bits per heavy atom. The lowest BCUT2D eigenvalue weighted by molar-refractivity contribution is 0.398. The molecule has 23 heavy (non-hydrogen) atoms. The number of methoxy groups -OCH3 is 2. The van der Waals surface area contributed by atoms with Crippen molar-refractivity contribution in [3.63, 3.8) is 0 Å². The second kappa shape index (κ2) is 6.49. The number of benzene rings is 1. The lowest BCUT2D eigenvalue weighted by Gasteiger charge is -2.19. The first-order valence-electron chi connectivity index (χ1n) is 7.74. The van der Waals surface area contributed by atoms with Crippen LogP contribution in [0.5, 0.6) is 11.5 Å². The minimum absolute atomic E-state index is 0.0241. The summed E-state index contributed by atoms with van der Waals surface area (Å²) in [6.45, 7) is 8.07. The molecule has 0 saturated heterocycles. The van der Waals surface area contributed by atoms with Crippen LogP contribution in [-0.4, -0.2) is 18.8 Å². The number of aryl methyl sites for hydroxylation is 1. The van der Waals surface area contributed by atoms with Crippen molar-refractivity contribution in [1.29, 1.82) is 0 Å². The van der Waals surface area contributed by atoms with Crippen molar-refractivity contribution >= 4 is 0 Å². The van der Waals surface area contributed by atoms with Crippen LogP contribution in [0.25, 0.3) is 11.1 Å². The van der Waals surface area contributed by atoms with Gasteiger partial charge in [-0.2, -0.15) is 0 Å². The van der Waals surface area contributed by atoms with Crippen LogP contribution in [0.1, 0.15) is 36.5 Å². The maximum atomic E-state index is 12.1. The highest BCUT2D eigenvalue weighted by atomic mass is 16.5. The van der Waals surface area contributed by atoms with Gasteiger partial charge in [0.05, 0.1) is 14.2 Å². The van der Waals surface area contributed by atoms with E-state index < -0.39 is 0 Å². The molecule has 2 aromatic rings. The minimum Gasteiger partial charge on any atom is -0.496 e. The van der Waals surface area contributed by atoms with E-state index in [1.807, 2.05) is 32.2 Å². The molecule has 0 spiro atoms. The molecule has 2 rings (SSSR count). The minimum atomic E-state index is 0.0241. The second-order valence-electron chi connectivity index (χ2n) is 6.16. The Morgan fingerprint density at radius 1 is 0.957 bits per heavy atom. The van der Waals surface area contributed by atoms with E-state index in [4.69, 9.17) is 9.47 Å². The monoisotopic (exact) mass is 315 g/mol. The molecular weight excluding hydrogens is 290 g/mol. The van der Waals surface area contributed by atoms with E-state index >= 15 is 0 Å². The Kier molecular flexibility index (Phi) is 4.83. The summed E-state index contributed by atoms with van der Waals surface area (Å²) in [7, 11) is 5.11. The van der Waals surface area contributed by atoms with Gasteiger partial charge in [-0.1, -0.05) is 13.8 Å². The molecule has 0 bridgehead atoms. The van der Waals surface area contributed by atoms with Gasteiger partial charge in [0.2, 0.25) is 0 Å². The molecule has 0 saturated carbocycles. The fourth-order valence-corrected chi connectivity index (χ4v) is 2.83. The molecule has 0 radical (unpaired) electrons. The van der Waals surface area contributed by atoms with Gasteiger partial charge in [-0.05, 0) is 37.5 Å². The summed E-state index contributed by atoms with van der Waals surface area (Å²) < 4.78 is 12.8. The van der Waals surface area contributed by atoms with Crippen molar-refractivity contribution in [2.24, 2.45) is 7.05 Å². The second-order valence-corrected chi connectivity index (χ2v) is 6.16. The van der Waals surface area contributed by atoms with E-state index in [1.54, 1.807) is 25.8 Å². The largest absolute Gasteiger partial charge is 0.496 e. The van der Waals surface area contributed by atoms with Crippen LogP contribution in [-0.2, 0) is 7.05 Å². The number of hydrogen-bond donors (Lipinski definition) is 0. The van der Waals surface area contributed by atoms with Crippen molar-refractivity contribution < 1.29 is 9.47 Å². The third-order valence-electron chi connectivity index (χ3n) is 4.39. The SMILES string of the molecule is COc1cc(C(C)C)c(OC)cc1-c1cn(C)c(=O)c(C)c1C. The summed E-state index contributed by atoms with van der Waals surface area (Å²) in [5.74, 6) is 1.95. The highest BCUT2D eigenvalue weighted by Crippen LogP contribution is 2.40. The van der Waals surface area contributed by atoms with Gasteiger partial charge in [-0.15, -0.1) is 0 Å². The van der Waals surface area contributed by atoms with Crippen LogP contribution in [0, 0.1) is 13.8 Å². The van der Waals surface area contributed by atoms with Gasteiger partial charge in [0.1, 0.15) is 11.5 Å². The van der Waals surface area contributed by atoms with Crippen LogP contribution >= 0.6 is 0 Å². The van der Waals surface area contributed by atoms with E-state index in [0.29, 0.717) is 5.92 Å². The van der Waals surface area contributed by atoms with Crippen molar-refractivity contribution in [3.8, 4) is 22.6 Å². The van der Waals surface area contributed by atoms with Gasteiger partial charge in [0.25, 0.3) is 5.56 Å². The quantitative estimate of drug-likeness (QED) is 0.861. The normalized spacial score (nSPS) is 11.0. The van der Waals surface area contributed by atoms with Crippen molar-refractivity contribution in [3.05, 3.63) is 45.4 Å².